The van der Waals surface area contributed by atoms with E-state index in [1.807, 2.05) is 35.2 Å². The molecule has 1 N–H and O–H groups in total. The number of aromatic amines is 1. The highest BCUT2D eigenvalue weighted by molar-refractivity contribution is 5.89. The summed E-state index contributed by atoms with van der Waals surface area (Å²) in [6.07, 6.45) is 5.64. The summed E-state index contributed by atoms with van der Waals surface area (Å²) in [5.74, 6) is 1.09. The number of hydrogen-bond donors (Lipinski definition) is 1. The van der Waals surface area contributed by atoms with E-state index < -0.39 is 5.41 Å². The fourth-order valence-electron chi connectivity index (χ4n) is 5.24. The quantitative estimate of drug-likeness (QED) is 0.689. The Kier molecular flexibility index (Phi) is 4.61. The van der Waals surface area contributed by atoms with E-state index in [1.54, 1.807) is 12.1 Å². The fourth-order valence-corrected chi connectivity index (χ4v) is 5.24. The van der Waals surface area contributed by atoms with Gasteiger partial charge in [-0.1, -0.05) is 37.1 Å². The summed E-state index contributed by atoms with van der Waals surface area (Å²) in [7, 11) is 0. The van der Waals surface area contributed by atoms with Gasteiger partial charge in [0.15, 0.2) is 0 Å². The van der Waals surface area contributed by atoms with Crippen LogP contribution in [0.15, 0.2) is 48.5 Å². The van der Waals surface area contributed by atoms with Gasteiger partial charge in [-0.25, -0.2) is 9.37 Å². The Morgan fingerprint density at radius 1 is 1.10 bits per heavy atom. The normalized spacial score (nSPS) is 21.6. The van der Waals surface area contributed by atoms with Crippen LogP contribution < -0.4 is 0 Å². The summed E-state index contributed by atoms with van der Waals surface area (Å²) in [4.78, 5) is 24.0. The van der Waals surface area contributed by atoms with Crippen molar-refractivity contribution in [1.82, 2.24) is 14.9 Å². The summed E-state index contributed by atoms with van der Waals surface area (Å²) in [6, 6.07) is 14.7. The fraction of sp³-hybridized carbons (Fsp3) is 0.417. The van der Waals surface area contributed by atoms with Crippen molar-refractivity contribution in [3.63, 3.8) is 0 Å². The number of likely N-dealkylation sites (tertiary alicyclic amines) is 1. The predicted octanol–water partition coefficient (Wildman–Crippen LogP) is 4.92. The minimum Gasteiger partial charge on any atom is -0.342 e. The van der Waals surface area contributed by atoms with E-state index in [4.69, 9.17) is 4.98 Å². The van der Waals surface area contributed by atoms with Crippen molar-refractivity contribution >= 4 is 16.9 Å². The Morgan fingerprint density at radius 2 is 1.93 bits per heavy atom. The second-order valence-electron chi connectivity index (χ2n) is 8.53. The van der Waals surface area contributed by atoms with Gasteiger partial charge in [-0.2, -0.15) is 0 Å². The van der Waals surface area contributed by atoms with E-state index in [9.17, 15) is 9.18 Å². The molecule has 2 heterocycles. The van der Waals surface area contributed by atoms with E-state index in [0.29, 0.717) is 6.54 Å². The SMILES string of the molecule is O=C(N1CCCC(c2nc3ccccc3[nH]2)C1)C1(c2cccc(F)c2)CCCC1. The molecule has 1 amide bonds. The third-order valence-corrected chi connectivity index (χ3v) is 6.75. The number of aromatic nitrogens is 2. The predicted molar refractivity (Wildman–Crippen MR) is 111 cm³/mol. The first-order valence-electron chi connectivity index (χ1n) is 10.7. The lowest BCUT2D eigenvalue weighted by Crippen LogP contribution is -2.49. The van der Waals surface area contributed by atoms with Crippen LogP contribution in [0.3, 0.4) is 0 Å². The highest BCUT2D eigenvalue weighted by Gasteiger charge is 2.46. The highest BCUT2D eigenvalue weighted by atomic mass is 19.1. The van der Waals surface area contributed by atoms with E-state index in [0.717, 1.165) is 67.5 Å². The van der Waals surface area contributed by atoms with Crippen LogP contribution in [0.5, 0.6) is 0 Å². The van der Waals surface area contributed by atoms with Gasteiger partial charge >= 0.3 is 0 Å². The van der Waals surface area contributed by atoms with Crippen molar-refractivity contribution in [3.05, 3.63) is 65.7 Å². The van der Waals surface area contributed by atoms with Gasteiger partial charge in [-0.05, 0) is 55.5 Å². The molecule has 1 unspecified atom stereocenters. The zero-order valence-electron chi connectivity index (χ0n) is 16.5. The minimum atomic E-state index is -0.572. The van der Waals surface area contributed by atoms with Crippen LogP contribution in [0.2, 0.25) is 0 Å². The lowest BCUT2D eigenvalue weighted by molar-refractivity contribution is -0.138. The first-order valence-corrected chi connectivity index (χ1v) is 10.7. The van der Waals surface area contributed by atoms with Crippen LogP contribution in [-0.2, 0) is 10.2 Å². The van der Waals surface area contributed by atoms with Crippen LogP contribution in [0, 0.1) is 5.82 Å². The monoisotopic (exact) mass is 391 g/mol. The summed E-state index contributed by atoms with van der Waals surface area (Å²) in [5.41, 5.74) is 2.28. The second-order valence-corrected chi connectivity index (χ2v) is 8.53. The third kappa shape index (κ3) is 3.22. The summed E-state index contributed by atoms with van der Waals surface area (Å²) < 4.78 is 13.9. The maximum absolute atomic E-state index is 13.9. The molecule has 2 fully saturated rings. The molecule has 1 saturated heterocycles. The van der Waals surface area contributed by atoms with Crippen molar-refractivity contribution in [1.29, 1.82) is 0 Å². The number of carbonyl (C=O) groups is 1. The number of halogens is 1. The number of nitrogens with zero attached hydrogens (tertiary/aromatic N) is 2. The number of H-pyrrole nitrogens is 1. The Bertz CT molecular complexity index is 1000. The molecule has 1 aromatic heterocycles. The molecule has 1 aliphatic carbocycles. The molecule has 0 spiro atoms. The van der Waals surface area contributed by atoms with E-state index in [2.05, 4.69) is 4.98 Å². The average Bonchev–Trinajstić information content (AvgIpc) is 3.41. The molecule has 5 rings (SSSR count). The summed E-state index contributed by atoms with van der Waals surface area (Å²) in [5, 5.41) is 0. The van der Waals surface area contributed by atoms with Gasteiger partial charge in [0.1, 0.15) is 11.6 Å². The van der Waals surface area contributed by atoms with Gasteiger partial charge in [0.2, 0.25) is 5.91 Å². The minimum absolute atomic E-state index is 0.168. The van der Waals surface area contributed by atoms with Crippen molar-refractivity contribution in [2.75, 3.05) is 13.1 Å². The Balaban J connectivity index is 1.42. The van der Waals surface area contributed by atoms with E-state index in [1.165, 1.54) is 6.07 Å². The number of rotatable bonds is 3. The number of imidazole rings is 1. The molecular formula is C24H26FN3O. The molecule has 29 heavy (non-hydrogen) atoms. The maximum atomic E-state index is 13.9. The lowest BCUT2D eigenvalue weighted by Gasteiger charge is -2.39. The van der Waals surface area contributed by atoms with Crippen LogP contribution >= 0.6 is 0 Å². The van der Waals surface area contributed by atoms with Gasteiger partial charge in [0, 0.05) is 19.0 Å². The van der Waals surface area contributed by atoms with Gasteiger partial charge in [0.05, 0.1) is 16.4 Å². The zero-order valence-corrected chi connectivity index (χ0v) is 16.5. The number of nitrogens with one attached hydrogen (secondary N) is 1. The number of fused-ring (bicyclic) bond motifs is 1. The number of para-hydroxylation sites is 2. The Morgan fingerprint density at radius 3 is 2.72 bits per heavy atom. The van der Waals surface area contributed by atoms with Crippen LogP contribution in [0.25, 0.3) is 11.0 Å². The van der Waals surface area contributed by atoms with Crippen molar-refractivity contribution in [2.24, 2.45) is 0 Å². The topological polar surface area (TPSA) is 49.0 Å². The van der Waals surface area contributed by atoms with E-state index in [-0.39, 0.29) is 17.6 Å². The van der Waals surface area contributed by atoms with Crippen LogP contribution in [-0.4, -0.2) is 33.9 Å². The Hall–Kier alpha value is -2.69. The first kappa shape index (κ1) is 18.3. The van der Waals surface area contributed by atoms with Gasteiger partial charge in [-0.3, -0.25) is 4.79 Å². The first-order chi connectivity index (χ1) is 14.2. The number of benzene rings is 2. The highest BCUT2D eigenvalue weighted by Crippen LogP contribution is 2.43. The number of carbonyl (C=O) groups excluding carboxylic acids is 1. The van der Waals surface area contributed by atoms with E-state index >= 15 is 0 Å². The molecule has 2 aliphatic rings. The van der Waals surface area contributed by atoms with Crippen molar-refractivity contribution in [2.45, 2.75) is 49.9 Å². The third-order valence-electron chi connectivity index (χ3n) is 6.75. The molecule has 150 valence electrons. The van der Waals surface area contributed by atoms with Crippen LogP contribution in [0.4, 0.5) is 4.39 Å². The largest absolute Gasteiger partial charge is 0.342 e. The summed E-state index contributed by atoms with van der Waals surface area (Å²) in [6.45, 7) is 1.45. The number of piperidine rings is 1. The van der Waals surface area contributed by atoms with Crippen molar-refractivity contribution < 1.29 is 9.18 Å². The van der Waals surface area contributed by atoms with Gasteiger partial charge < -0.3 is 9.88 Å². The van der Waals surface area contributed by atoms with Gasteiger partial charge in [0.25, 0.3) is 0 Å². The molecule has 4 nitrogen and oxygen atoms in total. The summed E-state index contributed by atoms with van der Waals surface area (Å²) >= 11 is 0. The molecule has 1 saturated carbocycles. The second kappa shape index (κ2) is 7.29. The Labute approximate surface area is 170 Å². The molecule has 0 radical (unpaired) electrons. The standard InChI is InChI=1S/C24H26FN3O/c25-19-9-5-8-18(15-19)24(12-3-4-13-24)23(29)28-14-6-7-17(16-28)22-26-20-10-1-2-11-21(20)27-22/h1-2,5,8-11,15,17H,3-4,6-7,12-14,16H2,(H,26,27). The number of amides is 1. The number of hydrogen-bond acceptors (Lipinski definition) is 2. The average molecular weight is 391 g/mol. The molecular weight excluding hydrogens is 365 g/mol. The molecule has 1 atom stereocenters. The van der Waals surface area contributed by atoms with Crippen molar-refractivity contribution in [3.8, 4) is 0 Å². The molecule has 2 aromatic carbocycles. The molecule has 0 bridgehead atoms. The smallest absolute Gasteiger partial charge is 0.233 e. The zero-order chi connectivity index (χ0) is 19.8. The van der Waals surface area contributed by atoms with Crippen LogP contribution in [0.1, 0.15) is 55.8 Å². The molecule has 3 aromatic rings. The lowest BCUT2D eigenvalue weighted by atomic mass is 9.77. The van der Waals surface area contributed by atoms with Gasteiger partial charge in [-0.15, -0.1) is 0 Å². The molecule has 5 heteroatoms. The maximum Gasteiger partial charge on any atom is 0.233 e. The molecule has 1 aliphatic heterocycles.